The normalized spacial score (nSPS) is 19.0. The molecule has 20 heavy (non-hydrogen) atoms. The average molecular weight is 273 g/mol. The monoisotopic (exact) mass is 273 g/mol. The topological polar surface area (TPSA) is 62.9 Å². The minimum absolute atomic E-state index is 0.196. The van der Waals surface area contributed by atoms with E-state index in [0.717, 1.165) is 16.7 Å². The Kier molecular flexibility index (Phi) is 3.43. The van der Waals surface area contributed by atoms with E-state index in [1.165, 1.54) is 4.90 Å². The predicted molar refractivity (Wildman–Crippen MR) is 72.4 cm³/mol. The number of nitrogens with zero attached hydrogens (tertiary/aromatic N) is 1. The van der Waals surface area contributed by atoms with E-state index in [0.29, 0.717) is 19.7 Å². The summed E-state index contributed by atoms with van der Waals surface area (Å²) in [5, 5.41) is 9.03. The van der Waals surface area contributed by atoms with Crippen molar-refractivity contribution in [2.24, 2.45) is 0 Å². The number of rotatable bonds is 2. The second-order valence-electron chi connectivity index (χ2n) is 4.72. The highest BCUT2D eigenvalue weighted by Crippen LogP contribution is 2.26. The van der Waals surface area contributed by atoms with Gasteiger partial charge in [-0.15, -0.1) is 0 Å². The first-order valence-corrected chi connectivity index (χ1v) is 6.46. The van der Waals surface area contributed by atoms with Gasteiger partial charge in [0.2, 0.25) is 0 Å². The molecule has 1 aliphatic heterocycles. The molecule has 3 rings (SSSR count). The molecule has 0 radical (unpaired) electrons. The van der Waals surface area contributed by atoms with Gasteiger partial charge < -0.3 is 19.2 Å². The van der Waals surface area contributed by atoms with E-state index in [1.54, 1.807) is 12.5 Å². The lowest BCUT2D eigenvalue weighted by atomic mass is 10.0. The van der Waals surface area contributed by atoms with Crippen molar-refractivity contribution in [1.29, 1.82) is 0 Å². The van der Waals surface area contributed by atoms with Gasteiger partial charge in [-0.1, -0.05) is 24.3 Å². The molecule has 1 fully saturated rings. The van der Waals surface area contributed by atoms with Gasteiger partial charge in [-0.2, -0.15) is 0 Å². The summed E-state index contributed by atoms with van der Waals surface area (Å²) >= 11 is 0. The number of carbonyl (C=O) groups is 1. The molecule has 1 aromatic heterocycles. The minimum Gasteiger partial charge on any atom is -0.472 e. The number of morpholine rings is 1. The maximum atomic E-state index is 11.0. The van der Waals surface area contributed by atoms with Gasteiger partial charge in [0.1, 0.15) is 6.10 Å². The average Bonchev–Trinajstić information content (AvgIpc) is 3.02. The van der Waals surface area contributed by atoms with Crippen molar-refractivity contribution in [1.82, 2.24) is 4.90 Å². The van der Waals surface area contributed by atoms with Gasteiger partial charge >= 0.3 is 6.09 Å². The molecule has 104 valence electrons. The SMILES string of the molecule is O=C(O)N1CCOC(c2ccc(-c3ccoc3)cc2)C1. The van der Waals surface area contributed by atoms with Crippen LogP contribution in [0.3, 0.4) is 0 Å². The molecule has 1 saturated heterocycles. The van der Waals surface area contributed by atoms with Crippen molar-refractivity contribution in [3.63, 3.8) is 0 Å². The van der Waals surface area contributed by atoms with Gasteiger partial charge in [-0.05, 0) is 17.2 Å². The maximum Gasteiger partial charge on any atom is 0.407 e. The third-order valence-electron chi connectivity index (χ3n) is 3.47. The molecule has 2 heterocycles. The number of benzene rings is 1. The van der Waals surface area contributed by atoms with Crippen molar-refractivity contribution < 1.29 is 19.1 Å². The molecule has 0 aliphatic carbocycles. The van der Waals surface area contributed by atoms with Crippen LogP contribution in [0, 0.1) is 0 Å². The van der Waals surface area contributed by atoms with Crippen LogP contribution in [-0.4, -0.2) is 35.8 Å². The molecule has 2 aromatic rings. The zero-order valence-electron chi connectivity index (χ0n) is 10.9. The number of amides is 1. The molecule has 5 nitrogen and oxygen atoms in total. The summed E-state index contributed by atoms with van der Waals surface area (Å²) in [5.41, 5.74) is 3.07. The number of hydrogen-bond donors (Lipinski definition) is 1. The Morgan fingerprint density at radius 1 is 1.20 bits per heavy atom. The lowest BCUT2D eigenvalue weighted by molar-refractivity contribution is -0.0231. The summed E-state index contributed by atoms with van der Waals surface area (Å²) in [6.45, 7) is 1.24. The fourth-order valence-corrected chi connectivity index (χ4v) is 2.34. The van der Waals surface area contributed by atoms with Crippen molar-refractivity contribution in [3.05, 3.63) is 48.4 Å². The van der Waals surface area contributed by atoms with Crippen LogP contribution in [0.1, 0.15) is 11.7 Å². The molecule has 1 aromatic carbocycles. The van der Waals surface area contributed by atoms with Crippen molar-refractivity contribution in [3.8, 4) is 11.1 Å². The van der Waals surface area contributed by atoms with Crippen LogP contribution >= 0.6 is 0 Å². The highest BCUT2D eigenvalue weighted by atomic mass is 16.5. The smallest absolute Gasteiger partial charge is 0.407 e. The van der Waals surface area contributed by atoms with E-state index in [2.05, 4.69) is 0 Å². The first-order valence-electron chi connectivity index (χ1n) is 6.46. The Bertz CT molecular complexity index is 576. The number of carboxylic acid groups (broad SMARTS) is 1. The third kappa shape index (κ3) is 2.53. The van der Waals surface area contributed by atoms with E-state index in [1.807, 2.05) is 30.3 Å². The molecule has 1 aliphatic rings. The van der Waals surface area contributed by atoms with Crippen LogP contribution in [0.5, 0.6) is 0 Å². The standard InChI is InChI=1S/C15H15NO4/c17-15(18)16-6-8-20-14(9-16)12-3-1-11(2-4-12)13-5-7-19-10-13/h1-5,7,10,14H,6,8-9H2,(H,17,18). The van der Waals surface area contributed by atoms with E-state index in [4.69, 9.17) is 14.3 Å². The van der Waals surface area contributed by atoms with Gasteiger partial charge in [0.25, 0.3) is 0 Å². The zero-order valence-corrected chi connectivity index (χ0v) is 10.9. The van der Waals surface area contributed by atoms with Crippen LogP contribution in [0.4, 0.5) is 4.79 Å². The van der Waals surface area contributed by atoms with Gasteiger partial charge in [-0.3, -0.25) is 0 Å². The van der Waals surface area contributed by atoms with Gasteiger partial charge in [0.15, 0.2) is 0 Å². The molecule has 0 bridgehead atoms. The first kappa shape index (κ1) is 12.7. The highest BCUT2D eigenvalue weighted by molar-refractivity contribution is 5.65. The molecule has 1 atom stereocenters. The largest absolute Gasteiger partial charge is 0.472 e. The van der Waals surface area contributed by atoms with Crippen LogP contribution in [-0.2, 0) is 4.74 Å². The first-order chi connectivity index (χ1) is 9.74. The second-order valence-corrected chi connectivity index (χ2v) is 4.72. The van der Waals surface area contributed by atoms with Crippen LogP contribution in [0.2, 0.25) is 0 Å². The Morgan fingerprint density at radius 2 is 2.00 bits per heavy atom. The van der Waals surface area contributed by atoms with E-state index < -0.39 is 6.09 Å². The second kappa shape index (κ2) is 5.38. The third-order valence-corrected chi connectivity index (χ3v) is 3.47. The number of hydrogen-bond acceptors (Lipinski definition) is 3. The molecule has 0 saturated carbocycles. The Morgan fingerprint density at radius 3 is 2.65 bits per heavy atom. The van der Waals surface area contributed by atoms with Gasteiger partial charge in [0.05, 0.1) is 25.7 Å². The number of ether oxygens (including phenoxy) is 1. The quantitative estimate of drug-likeness (QED) is 0.913. The van der Waals surface area contributed by atoms with Crippen LogP contribution < -0.4 is 0 Å². The Balaban J connectivity index is 1.76. The maximum absolute atomic E-state index is 11.0. The summed E-state index contributed by atoms with van der Waals surface area (Å²) in [6.07, 6.45) is 2.24. The predicted octanol–water partition coefficient (Wildman–Crippen LogP) is 3.00. The molecular formula is C15H15NO4. The van der Waals surface area contributed by atoms with Crippen molar-refractivity contribution in [2.75, 3.05) is 19.7 Å². The van der Waals surface area contributed by atoms with E-state index >= 15 is 0 Å². The molecular weight excluding hydrogens is 258 g/mol. The summed E-state index contributed by atoms with van der Waals surface area (Å²) in [7, 11) is 0. The molecule has 1 amide bonds. The van der Waals surface area contributed by atoms with Crippen molar-refractivity contribution >= 4 is 6.09 Å². The lowest BCUT2D eigenvalue weighted by Crippen LogP contribution is -2.41. The summed E-state index contributed by atoms with van der Waals surface area (Å²) in [5.74, 6) is 0. The summed E-state index contributed by atoms with van der Waals surface area (Å²) < 4.78 is 10.7. The Hall–Kier alpha value is -2.27. The minimum atomic E-state index is -0.895. The van der Waals surface area contributed by atoms with Crippen LogP contribution in [0.25, 0.3) is 11.1 Å². The molecule has 5 heteroatoms. The summed E-state index contributed by atoms with van der Waals surface area (Å²) in [4.78, 5) is 12.4. The Labute approximate surface area is 116 Å². The van der Waals surface area contributed by atoms with Gasteiger partial charge in [-0.25, -0.2) is 4.79 Å². The van der Waals surface area contributed by atoms with Gasteiger partial charge in [0, 0.05) is 12.1 Å². The fourth-order valence-electron chi connectivity index (χ4n) is 2.34. The number of furan rings is 1. The lowest BCUT2D eigenvalue weighted by Gasteiger charge is -2.31. The molecule has 0 spiro atoms. The van der Waals surface area contributed by atoms with E-state index in [-0.39, 0.29) is 6.10 Å². The van der Waals surface area contributed by atoms with E-state index in [9.17, 15) is 4.79 Å². The summed E-state index contributed by atoms with van der Waals surface area (Å²) in [6, 6.07) is 9.82. The fraction of sp³-hybridized carbons (Fsp3) is 0.267. The molecule has 1 N–H and O–H groups in total. The highest BCUT2D eigenvalue weighted by Gasteiger charge is 2.24. The zero-order chi connectivity index (χ0) is 13.9. The molecule has 1 unspecified atom stereocenters. The van der Waals surface area contributed by atoms with Crippen molar-refractivity contribution in [2.45, 2.75) is 6.10 Å². The van der Waals surface area contributed by atoms with Crippen LogP contribution in [0.15, 0.2) is 47.3 Å².